The first kappa shape index (κ1) is 13.6. The van der Waals surface area contributed by atoms with Gasteiger partial charge in [-0.05, 0) is 31.2 Å². The molecule has 1 saturated carbocycles. The summed E-state index contributed by atoms with van der Waals surface area (Å²) in [6.07, 6.45) is 5.39. The van der Waals surface area contributed by atoms with Crippen molar-refractivity contribution in [2.75, 3.05) is 0 Å². The van der Waals surface area contributed by atoms with Gasteiger partial charge in [0.05, 0.1) is 12.2 Å². The topological polar surface area (TPSA) is 35.2 Å². The maximum Gasteiger partial charge on any atom is 0.0976 e. The van der Waals surface area contributed by atoms with Crippen LogP contribution in [0.3, 0.4) is 0 Å². The molecule has 100 valence electrons. The number of rotatable bonds is 4. The number of hydrogen-bond donors (Lipinski definition) is 1. The molecule has 1 aromatic rings. The molecule has 2 nitrogen and oxygen atoms in total. The zero-order valence-corrected chi connectivity index (χ0v) is 11.5. The van der Waals surface area contributed by atoms with E-state index in [1.807, 2.05) is 13.0 Å². The molecule has 2 heteroatoms. The van der Waals surface area contributed by atoms with Crippen LogP contribution in [0.4, 0.5) is 0 Å². The minimum absolute atomic E-state index is 0.0292. The third-order valence-electron chi connectivity index (χ3n) is 3.83. The summed E-state index contributed by atoms with van der Waals surface area (Å²) >= 11 is 0. The number of ether oxygens (including phenoxy) is 1. The Balaban J connectivity index is 2.03. The number of benzene rings is 1. The molecule has 0 radical (unpaired) electrons. The van der Waals surface area contributed by atoms with Gasteiger partial charge in [0.25, 0.3) is 0 Å². The first-order chi connectivity index (χ1) is 8.66. The molecule has 4 atom stereocenters. The van der Waals surface area contributed by atoms with Gasteiger partial charge in [-0.2, -0.15) is 0 Å². The van der Waals surface area contributed by atoms with Crippen LogP contribution < -0.4 is 5.73 Å². The quantitative estimate of drug-likeness (QED) is 0.881. The molecule has 0 spiro atoms. The molecule has 4 unspecified atom stereocenters. The molecular weight excluding hydrogens is 222 g/mol. The van der Waals surface area contributed by atoms with E-state index >= 15 is 0 Å². The Kier molecular flexibility index (Phi) is 4.79. The van der Waals surface area contributed by atoms with Crippen molar-refractivity contribution in [2.45, 2.75) is 57.8 Å². The molecule has 0 aliphatic heterocycles. The van der Waals surface area contributed by atoms with E-state index in [1.165, 1.54) is 31.2 Å². The lowest BCUT2D eigenvalue weighted by molar-refractivity contribution is -0.0490. The zero-order chi connectivity index (χ0) is 13.0. The molecule has 1 aromatic carbocycles. The maximum absolute atomic E-state index is 6.28. The molecule has 0 saturated heterocycles. The Labute approximate surface area is 111 Å². The Morgan fingerprint density at radius 2 is 1.94 bits per heavy atom. The van der Waals surface area contributed by atoms with E-state index in [4.69, 9.17) is 10.5 Å². The van der Waals surface area contributed by atoms with Crippen molar-refractivity contribution >= 4 is 0 Å². The van der Waals surface area contributed by atoms with Crippen LogP contribution >= 0.6 is 0 Å². The normalized spacial score (nSPS) is 27.7. The van der Waals surface area contributed by atoms with Crippen LogP contribution in [-0.4, -0.2) is 12.1 Å². The summed E-state index contributed by atoms with van der Waals surface area (Å²) in [5.74, 6) is 0.785. The summed E-state index contributed by atoms with van der Waals surface area (Å²) in [6.45, 7) is 4.35. The molecule has 0 heterocycles. The van der Waals surface area contributed by atoms with Crippen molar-refractivity contribution in [3.8, 4) is 0 Å². The second-order valence-corrected chi connectivity index (χ2v) is 5.72. The highest BCUT2D eigenvalue weighted by molar-refractivity contribution is 5.19. The first-order valence-corrected chi connectivity index (χ1v) is 7.13. The lowest BCUT2D eigenvalue weighted by atomic mass is 9.88. The SMILES string of the molecule is CC1CCCC(OC(c2ccccc2)C(C)N)C1. The average Bonchev–Trinajstić information content (AvgIpc) is 2.37. The van der Waals surface area contributed by atoms with E-state index in [-0.39, 0.29) is 12.1 Å². The van der Waals surface area contributed by atoms with Crippen molar-refractivity contribution < 1.29 is 4.74 Å². The third-order valence-corrected chi connectivity index (χ3v) is 3.83. The lowest BCUT2D eigenvalue weighted by Gasteiger charge is -2.32. The maximum atomic E-state index is 6.28. The smallest absolute Gasteiger partial charge is 0.0976 e. The molecule has 0 bridgehead atoms. The molecule has 1 aliphatic carbocycles. The van der Waals surface area contributed by atoms with Crippen LogP contribution in [-0.2, 0) is 4.74 Å². The van der Waals surface area contributed by atoms with Gasteiger partial charge in [0.15, 0.2) is 0 Å². The van der Waals surface area contributed by atoms with E-state index in [0.717, 1.165) is 5.92 Å². The highest BCUT2D eigenvalue weighted by Crippen LogP contribution is 2.31. The van der Waals surface area contributed by atoms with Crippen molar-refractivity contribution in [2.24, 2.45) is 11.7 Å². The van der Waals surface area contributed by atoms with Crippen LogP contribution in [0.2, 0.25) is 0 Å². The Hall–Kier alpha value is -0.860. The number of hydrogen-bond acceptors (Lipinski definition) is 2. The predicted octanol–water partition coefficient (Wildman–Crippen LogP) is 3.67. The standard InChI is InChI=1S/C16H25NO/c1-12-7-6-10-15(11-12)18-16(13(2)17)14-8-4-3-5-9-14/h3-5,8-9,12-13,15-16H,6-7,10-11,17H2,1-2H3. The molecule has 2 N–H and O–H groups in total. The Morgan fingerprint density at radius 3 is 2.56 bits per heavy atom. The van der Waals surface area contributed by atoms with Crippen LogP contribution in [0, 0.1) is 5.92 Å². The summed E-state index contributed by atoms with van der Waals surface area (Å²) in [7, 11) is 0. The van der Waals surface area contributed by atoms with Crippen molar-refractivity contribution in [3.05, 3.63) is 35.9 Å². The van der Waals surface area contributed by atoms with Gasteiger partial charge in [-0.25, -0.2) is 0 Å². The van der Waals surface area contributed by atoms with Gasteiger partial charge in [-0.3, -0.25) is 0 Å². The lowest BCUT2D eigenvalue weighted by Crippen LogP contribution is -2.32. The second kappa shape index (κ2) is 6.35. The second-order valence-electron chi connectivity index (χ2n) is 5.72. The highest BCUT2D eigenvalue weighted by Gasteiger charge is 2.25. The van der Waals surface area contributed by atoms with Gasteiger partial charge in [0, 0.05) is 6.04 Å². The summed E-state index contributed by atoms with van der Waals surface area (Å²) in [5.41, 5.74) is 7.30. The van der Waals surface area contributed by atoms with Crippen molar-refractivity contribution in [3.63, 3.8) is 0 Å². The van der Waals surface area contributed by atoms with Crippen LogP contribution in [0.5, 0.6) is 0 Å². The summed E-state index contributed by atoms with van der Waals surface area (Å²) in [4.78, 5) is 0. The minimum atomic E-state index is 0.0292. The van der Waals surface area contributed by atoms with Crippen molar-refractivity contribution in [1.29, 1.82) is 0 Å². The van der Waals surface area contributed by atoms with Crippen LogP contribution in [0.1, 0.15) is 51.2 Å². The molecule has 0 aromatic heterocycles. The average molecular weight is 247 g/mol. The molecule has 1 fully saturated rings. The van der Waals surface area contributed by atoms with Gasteiger partial charge in [-0.15, -0.1) is 0 Å². The van der Waals surface area contributed by atoms with Crippen LogP contribution in [0.15, 0.2) is 30.3 Å². The largest absolute Gasteiger partial charge is 0.369 e. The van der Waals surface area contributed by atoms with Crippen LogP contribution in [0.25, 0.3) is 0 Å². The summed E-state index contributed by atoms with van der Waals surface area (Å²) in [6, 6.07) is 10.4. The van der Waals surface area contributed by atoms with Gasteiger partial charge in [0.2, 0.25) is 0 Å². The van der Waals surface area contributed by atoms with E-state index in [9.17, 15) is 0 Å². The minimum Gasteiger partial charge on any atom is -0.369 e. The Morgan fingerprint density at radius 1 is 1.22 bits per heavy atom. The fourth-order valence-electron chi connectivity index (χ4n) is 2.86. The highest BCUT2D eigenvalue weighted by atomic mass is 16.5. The van der Waals surface area contributed by atoms with Gasteiger partial charge >= 0.3 is 0 Å². The number of nitrogens with two attached hydrogens (primary N) is 1. The molecule has 18 heavy (non-hydrogen) atoms. The summed E-state index contributed by atoms with van der Waals surface area (Å²) < 4.78 is 6.28. The fourth-order valence-corrected chi connectivity index (χ4v) is 2.86. The van der Waals surface area contributed by atoms with E-state index < -0.39 is 0 Å². The molecular formula is C16H25NO. The molecule has 1 aliphatic rings. The van der Waals surface area contributed by atoms with E-state index in [1.54, 1.807) is 0 Å². The predicted molar refractivity (Wildman–Crippen MR) is 75.3 cm³/mol. The summed E-state index contributed by atoms with van der Waals surface area (Å²) in [5, 5.41) is 0. The third kappa shape index (κ3) is 3.56. The monoisotopic (exact) mass is 247 g/mol. The van der Waals surface area contributed by atoms with Gasteiger partial charge in [0.1, 0.15) is 0 Å². The van der Waals surface area contributed by atoms with Gasteiger partial charge < -0.3 is 10.5 Å². The molecule has 2 rings (SSSR count). The first-order valence-electron chi connectivity index (χ1n) is 7.13. The van der Waals surface area contributed by atoms with Crippen molar-refractivity contribution in [1.82, 2.24) is 0 Å². The Bertz CT molecular complexity index is 349. The van der Waals surface area contributed by atoms with E-state index in [0.29, 0.717) is 6.10 Å². The molecule has 0 amide bonds. The van der Waals surface area contributed by atoms with Gasteiger partial charge in [-0.1, -0.05) is 50.1 Å². The zero-order valence-electron chi connectivity index (χ0n) is 11.5. The fraction of sp³-hybridized carbons (Fsp3) is 0.625. The van der Waals surface area contributed by atoms with E-state index in [2.05, 4.69) is 31.2 Å².